The molecule has 0 fully saturated rings. The van der Waals surface area contributed by atoms with Gasteiger partial charge in [-0.05, 0) is 18.2 Å². The summed E-state index contributed by atoms with van der Waals surface area (Å²) in [4.78, 5) is 27.3. The Labute approximate surface area is 132 Å². The van der Waals surface area contributed by atoms with Crippen molar-refractivity contribution < 1.29 is 19.4 Å². The highest BCUT2D eigenvalue weighted by Crippen LogP contribution is 2.24. The number of methoxy groups -OCH3 is 1. The average Bonchev–Trinajstić information content (AvgIpc) is 2.85. The van der Waals surface area contributed by atoms with Crippen LogP contribution < -0.4 is 5.32 Å². The lowest BCUT2D eigenvalue weighted by Crippen LogP contribution is -2.12. The molecule has 2 rings (SSSR count). The minimum Gasteiger partial charge on any atom is -0.507 e. The molecule has 110 valence electrons. The number of halogens is 1. The van der Waals surface area contributed by atoms with Crippen LogP contribution in [0.1, 0.15) is 16.1 Å². The summed E-state index contributed by atoms with van der Waals surface area (Å²) in [7, 11) is 1.30. The van der Waals surface area contributed by atoms with Crippen molar-refractivity contribution in [1.29, 1.82) is 0 Å². The third kappa shape index (κ3) is 4.02. The van der Waals surface area contributed by atoms with Crippen molar-refractivity contribution in [3.05, 3.63) is 39.3 Å². The molecular weight excluding hydrogens is 360 g/mol. The van der Waals surface area contributed by atoms with E-state index in [9.17, 15) is 14.7 Å². The number of thiazole rings is 1. The maximum absolute atomic E-state index is 12.0. The van der Waals surface area contributed by atoms with Crippen molar-refractivity contribution in [3.63, 3.8) is 0 Å². The van der Waals surface area contributed by atoms with Gasteiger partial charge < -0.3 is 9.84 Å². The van der Waals surface area contributed by atoms with Gasteiger partial charge in [-0.3, -0.25) is 14.9 Å². The van der Waals surface area contributed by atoms with Crippen LogP contribution in [0.25, 0.3) is 0 Å². The molecule has 0 aliphatic carbocycles. The predicted molar refractivity (Wildman–Crippen MR) is 81.6 cm³/mol. The number of phenolic OH excluding ortho intramolecular Hbond substituents is 1. The predicted octanol–water partition coefficient (Wildman–Crippen LogP) is 2.58. The maximum atomic E-state index is 12.0. The van der Waals surface area contributed by atoms with Crippen LogP contribution in [0.3, 0.4) is 0 Å². The Morgan fingerprint density at radius 2 is 2.24 bits per heavy atom. The number of hydrogen-bond donors (Lipinski definition) is 2. The van der Waals surface area contributed by atoms with Gasteiger partial charge in [-0.1, -0.05) is 15.9 Å². The first-order valence-corrected chi connectivity index (χ1v) is 7.48. The van der Waals surface area contributed by atoms with Crippen LogP contribution in [-0.4, -0.2) is 29.1 Å². The highest BCUT2D eigenvalue weighted by Gasteiger charge is 2.14. The molecule has 1 aromatic carbocycles. The summed E-state index contributed by atoms with van der Waals surface area (Å²) in [6.45, 7) is 0. The zero-order valence-corrected chi connectivity index (χ0v) is 13.3. The number of esters is 1. The Bertz CT molecular complexity index is 687. The molecule has 0 spiro atoms. The number of rotatable bonds is 4. The van der Waals surface area contributed by atoms with Gasteiger partial charge in [-0.2, -0.15) is 0 Å². The highest BCUT2D eigenvalue weighted by molar-refractivity contribution is 9.10. The van der Waals surface area contributed by atoms with Gasteiger partial charge in [0.1, 0.15) is 5.75 Å². The van der Waals surface area contributed by atoms with E-state index in [1.165, 1.54) is 30.6 Å². The van der Waals surface area contributed by atoms with Gasteiger partial charge in [0.2, 0.25) is 0 Å². The van der Waals surface area contributed by atoms with Crippen molar-refractivity contribution in [2.45, 2.75) is 6.42 Å². The minimum absolute atomic E-state index is 0.0480. The molecular formula is C13H11BrN2O4S. The summed E-state index contributed by atoms with van der Waals surface area (Å²) < 4.78 is 5.21. The number of carbonyl (C=O) groups is 2. The third-order valence-corrected chi connectivity index (χ3v) is 3.83. The molecule has 2 aromatic rings. The molecule has 0 unspecified atom stereocenters. The van der Waals surface area contributed by atoms with E-state index >= 15 is 0 Å². The van der Waals surface area contributed by atoms with Crippen LogP contribution >= 0.6 is 27.3 Å². The summed E-state index contributed by atoms with van der Waals surface area (Å²) >= 11 is 4.39. The SMILES string of the molecule is COC(=O)Cc1csc(NC(=O)c2ccc(Br)cc2O)n1. The second-order valence-electron chi connectivity index (χ2n) is 4.01. The largest absolute Gasteiger partial charge is 0.507 e. The van der Waals surface area contributed by atoms with Crippen LogP contribution in [0.15, 0.2) is 28.1 Å². The lowest BCUT2D eigenvalue weighted by molar-refractivity contribution is -0.139. The number of aromatic hydroxyl groups is 1. The van der Waals surface area contributed by atoms with Crippen LogP contribution in [0.2, 0.25) is 0 Å². The van der Waals surface area contributed by atoms with Crippen molar-refractivity contribution in [3.8, 4) is 5.75 Å². The quantitative estimate of drug-likeness (QED) is 0.807. The number of anilines is 1. The number of benzene rings is 1. The van der Waals surface area contributed by atoms with Gasteiger partial charge in [0.15, 0.2) is 5.13 Å². The van der Waals surface area contributed by atoms with Crippen LogP contribution in [-0.2, 0) is 16.0 Å². The fourth-order valence-electron chi connectivity index (χ4n) is 1.53. The van der Waals surface area contributed by atoms with Gasteiger partial charge in [-0.25, -0.2) is 4.98 Å². The van der Waals surface area contributed by atoms with E-state index in [2.05, 4.69) is 31.0 Å². The Kier molecular flexibility index (Phi) is 4.92. The summed E-state index contributed by atoms with van der Waals surface area (Å²) in [5.74, 6) is -1.00. The average molecular weight is 371 g/mol. The zero-order chi connectivity index (χ0) is 15.4. The minimum atomic E-state index is -0.473. The molecule has 0 aliphatic heterocycles. The summed E-state index contributed by atoms with van der Waals surface area (Å²) in [5, 5.41) is 14.3. The zero-order valence-electron chi connectivity index (χ0n) is 10.9. The highest BCUT2D eigenvalue weighted by atomic mass is 79.9. The summed E-state index contributed by atoms with van der Waals surface area (Å²) in [5.41, 5.74) is 0.657. The number of hydrogen-bond acceptors (Lipinski definition) is 6. The van der Waals surface area contributed by atoms with E-state index in [1.807, 2.05) is 0 Å². The number of aromatic nitrogens is 1. The second kappa shape index (κ2) is 6.68. The van der Waals surface area contributed by atoms with E-state index in [0.717, 1.165) is 0 Å². The van der Waals surface area contributed by atoms with Crippen LogP contribution in [0.4, 0.5) is 5.13 Å². The topological polar surface area (TPSA) is 88.5 Å². The normalized spacial score (nSPS) is 10.2. The second-order valence-corrected chi connectivity index (χ2v) is 5.79. The summed E-state index contributed by atoms with van der Waals surface area (Å²) in [6.07, 6.45) is 0.0480. The molecule has 8 heteroatoms. The van der Waals surface area contributed by atoms with E-state index in [1.54, 1.807) is 11.4 Å². The Morgan fingerprint density at radius 3 is 2.90 bits per heavy atom. The first-order chi connectivity index (χ1) is 9.99. The molecule has 0 atom stereocenters. The molecule has 2 N–H and O–H groups in total. The first-order valence-electron chi connectivity index (χ1n) is 5.80. The molecule has 1 aromatic heterocycles. The lowest BCUT2D eigenvalue weighted by Gasteiger charge is -2.04. The molecule has 0 saturated heterocycles. The van der Waals surface area contributed by atoms with E-state index in [0.29, 0.717) is 15.3 Å². The monoisotopic (exact) mass is 370 g/mol. The smallest absolute Gasteiger partial charge is 0.311 e. The third-order valence-electron chi connectivity index (χ3n) is 2.53. The molecule has 1 amide bonds. The molecule has 21 heavy (non-hydrogen) atoms. The molecule has 6 nitrogen and oxygen atoms in total. The van der Waals surface area contributed by atoms with Crippen molar-refractivity contribution in [2.24, 2.45) is 0 Å². The fraction of sp³-hybridized carbons (Fsp3) is 0.154. The molecule has 0 aliphatic rings. The van der Waals surface area contributed by atoms with E-state index in [4.69, 9.17) is 0 Å². The number of phenols is 1. The van der Waals surface area contributed by atoms with Crippen molar-refractivity contribution >= 4 is 44.3 Å². The fourth-order valence-corrected chi connectivity index (χ4v) is 2.58. The van der Waals surface area contributed by atoms with Crippen molar-refractivity contribution in [2.75, 3.05) is 12.4 Å². The molecule has 0 saturated carbocycles. The number of carbonyl (C=O) groups excluding carboxylic acids is 2. The first kappa shape index (κ1) is 15.5. The number of nitrogens with one attached hydrogen (secondary N) is 1. The Morgan fingerprint density at radius 1 is 1.48 bits per heavy atom. The summed E-state index contributed by atoms with van der Waals surface area (Å²) in [6, 6.07) is 4.58. The Balaban J connectivity index is 2.07. The molecule has 0 radical (unpaired) electrons. The molecule has 1 heterocycles. The lowest BCUT2D eigenvalue weighted by atomic mass is 10.2. The van der Waals surface area contributed by atoms with Gasteiger partial charge in [0, 0.05) is 9.85 Å². The van der Waals surface area contributed by atoms with Crippen LogP contribution in [0, 0.1) is 0 Å². The number of ether oxygens (including phenoxy) is 1. The van der Waals surface area contributed by atoms with Gasteiger partial charge in [-0.15, -0.1) is 11.3 Å². The number of amides is 1. The standard InChI is InChI=1S/C13H11BrN2O4S/c1-20-11(18)5-8-6-21-13(15-8)16-12(19)9-3-2-7(14)4-10(9)17/h2-4,6,17H,5H2,1H3,(H,15,16,19). The maximum Gasteiger partial charge on any atom is 0.311 e. The Hall–Kier alpha value is -1.93. The van der Waals surface area contributed by atoms with Gasteiger partial charge >= 0.3 is 5.97 Å². The van der Waals surface area contributed by atoms with Gasteiger partial charge in [0.05, 0.1) is 24.8 Å². The van der Waals surface area contributed by atoms with Crippen molar-refractivity contribution in [1.82, 2.24) is 4.98 Å². The molecule has 0 bridgehead atoms. The van der Waals surface area contributed by atoms with E-state index in [-0.39, 0.29) is 17.7 Å². The van der Waals surface area contributed by atoms with Crippen LogP contribution in [0.5, 0.6) is 5.75 Å². The van der Waals surface area contributed by atoms with Gasteiger partial charge in [0.25, 0.3) is 5.91 Å². The van der Waals surface area contributed by atoms with E-state index < -0.39 is 11.9 Å². The number of nitrogens with zero attached hydrogens (tertiary/aromatic N) is 1.